The van der Waals surface area contributed by atoms with Crippen molar-refractivity contribution in [2.45, 2.75) is 24.8 Å². The standard InChI is InChI=1S/C13H16F2N2O5S/c1-8(13(19)20)17(4-3-16-9(2)18)23(21,22)12-6-10(14)5-11(15)7-12/h5-8H,3-4H2,1-2H3,(H,16,18)(H,19,20). The molecular formula is C13H16F2N2O5S. The van der Waals surface area contributed by atoms with Crippen LogP contribution >= 0.6 is 0 Å². The molecule has 0 saturated heterocycles. The quantitative estimate of drug-likeness (QED) is 0.748. The highest BCUT2D eigenvalue weighted by molar-refractivity contribution is 7.89. The van der Waals surface area contributed by atoms with Gasteiger partial charge >= 0.3 is 5.97 Å². The van der Waals surface area contributed by atoms with Gasteiger partial charge in [0.25, 0.3) is 0 Å². The predicted molar refractivity (Wildman–Crippen MR) is 76.0 cm³/mol. The Balaban J connectivity index is 3.21. The Hall–Kier alpha value is -2.07. The van der Waals surface area contributed by atoms with E-state index in [1.165, 1.54) is 6.92 Å². The van der Waals surface area contributed by atoms with Gasteiger partial charge in [0.15, 0.2) is 0 Å². The normalized spacial score (nSPS) is 12.9. The molecule has 0 aliphatic carbocycles. The van der Waals surface area contributed by atoms with E-state index in [4.69, 9.17) is 5.11 Å². The lowest BCUT2D eigenvalue weighted by Crippen LogP contribution is -2.46. The first-order chi connectivity index (χ1) is 10.6. The van der Waals surface area contributed by atoms with E-state index in [1.807, 2.05) is 0 Å². The van der Waals surface area contributed by atoms with Crippen molar-refractivity contribution in [3.63, 3.8) is 0 Å². The molecule has 0 fully saturated rings. The van der Waals surface area contributed by atoms with Gasteiger partial charge in [-0.25, -0.2) is 17.2 Å². The third kappa shape index (κ3) is 4.96. The van der Waals surface area contributed by atoms with E-state index in [1.54, 1.807) is 0 Å². The minimum Gasteiger partial charge on any atom is -0.480 e. The van der Waals surface area contributed by atoms with Crippen LogP contribution in [0, 0.1) is 11.6 Å². The van der Waals surface area contributed by atoms with E-state index >= 15 is 0 Å². The van der Waals surface area contributed by atoms with Crippen LogP contribution in [0.15, 0.2) is 23.1 Å². The zero-order valence-corrected chi connectivity index (χ0v) is 13.2. The Bertz CT molecular complexity index is 688. The van der Waals surface area contributed by atoms with Crippen LogP contribution in [0.4, 0.5) is 8.78 Å². The third-order valence-corrected chi connectivity index (χ3v) is 4.89. The van der Waals surface area contributed by atoms with Gasteiger partial charge < -0.3 is 10.4 Å². The number of hydrogen-bond donors (Lipinski definition) is 2. The summed E-state index contributed by atoms with van der Waals surface area (Å²) >= 11 is 0. The number of amides is 1. The smallest absolute Gasteiger partial charge is 0.321 e. The molecule has 2 N–H and O–H groups in total. The van der Waals surface area contributed by atoms with Gasteiger partial charge in [0.1, 0.15) is 17.7 Å². The summed E-state index contributed by atoms with van der Waals surface area (Å²) in [7, 11) is -4.47. The number of sulfonamides is 1. The van der Waals surface area contributed by atoms with Gasteiger partial charge in [-0.1, -0.05) is 0 Å². The summed E-state index contributed by atoms with van der Waals surface area (Å²) in [6.07, 6.45) is 0. The number of benzene rings is 1. The number of aliphatic carboxylic acids is 1. The van der Waals surface area contributed by atoms with E-state index in [-0.39, 0.29) is 13.1 Å². The Morgan fingerprint density at radius 1 is 1.26 bits per heavy atom. The SMILES string of the molecule is CC(=O)NCCN(C(C)C(=O)O)S(=O)(=O)c1cc(F)cc(F)c1. The zero-order valence-electron chi connectivity index (χ0n) is 12.4. The molecule has 0 aliphatic heterocycles. The second-order valence-electron chi connectivity index (χ2n) is 4.72. The van der Waals surface area contributed by atoms with Crippen molar-refractivity contribution in [1.29, 1.82) is 0 Å². The van der Waals surface area contributed by atoms with Gasteiger partial charge in [0.05, 0.1) is 4.90 Å². The third-order valence-electron chi connectivity index (χ3n) is 2.94. The molecule has 0 spiro atoms. The molecule has 1 rings (SSSR count). The molecule has 0 saturated carbocycles. The van der Waals surface area contributed by atoms with Crippen molar-refractivity contribution >= 4 is 21.9 Å². The number of hydrogen-bond acceptors (Lipinski definition) is 4. The molecule has 23 heavy (non-hydrogen) atoms. The van der Waals surface area contributed by atoms with E-state index in [9.17, 15) is 26.8 Å². The lowest BCUT2D eigenvalue weighted by atomic mass is 10.3. The molecule has 0 aliphatic rings. The van der Waals surface area contributed by atoms with Crippen molar-refractivity contribution in [2.75, 3.05) is 13.1 Å². The summed E-state index contributed by atoms with van der Waals surface area (Å²) in [4.78, 5) is 21.2. The molecule has 7 nitrogen and oxygen atoms in total. The Labute approximate surface area is 132 Å². The first-order valence-corrected chi connectivity index (χ1v) is 7.95. The van der Waals surface area contributed by atoms with Crippen molar-refractivity contribution in [3.05, 3.63) is 29.8 Å². The average Bonchev–Trinajstić information content (AvgIpc) is 2.41. The second-order valence-corrected chi connectivity index (χ2v) is 6.61. The van der Waals surface area contributed by atoms with Crippen LogP contribution in [-0.4, -0.2) is 48.8 Å². The van der Waals surface area contributed by atoms with Crippen molar-refractivity contribution < 1.29 is 31.9 Å². The fraction of sp³-hybridized carbons (Fsp3) is 0.385. The van der Waals surface area contributed by atoms with Gasteiger partial charge in [-0.05, 0) is 19.1 Å². The number of carboxylic acid groups (broad SMARTS) is 1. The topological polar surface area (TPSA) is 104 Å². The molecule has 128 valence electrons. The number of carbonyl (C=O) groups excluding carboxylic acids is 1. The molecule has 1 atom stereocenters. The highest BCUT2D eigenvalue weighted by Gasteiger charge is 2.33. The summed E-state index contributed by atoms with van der Waals surface area (Å²) < 4.78 is 52.0. The van der Waals surface area contributed by atoms with Crippen molar-refractivity contribution in [3.8, 4) is 0 Å². The van der Waals surface area contributed by atoms with Crippen molar-refractivity contribution in [2.24, 2.45) is 0 Å². The monoisotopic (exact) mass is 350 g/mol. The molecule has 1 amide bonds. The summed E-state index contributed by atoms with van der Waals surface area (Å²) in [6.45, 7) is 1.81. The summed E-state index contributed by atoms with van der Waals surface area (Å²) in [5, 5.41) is 11.4. The molecule has 0 heterocycles. The van der Waals surface area contributed by atoms with Gasteiger partial charge in [0, 0.05) is 26.1 Å². The molecule has 0 radical (unpaired) electrons. The number of nitrogens with one attached hydrogen (secondary N) is 1. The van der Waals surface area contributed by atoms with Crippen LogP contribution in [-0.2, 0) is 19.6 Å². The number of carboxylic acids is 1. The molecular weight excluding hydrogens is 334 g/mol. The number of halogens is 2. The van der Waals surface area contributed by atoms with Crippen LogP contribution in [0.2, 0.25) is 0 Å². The maximum Gasteiger partial charge on any atom is 0.321 e. The van der Waals surface area contributed by atoms with Crippen LogP contribution in [0.5, 0.6) is 0 Å². The average molecular weight is 350 g/mol. The molecule has 0 aromatic heterocycles. The molecule has 1 aromatic rings. The Morgan fingerprint density at radius 2 is 1.78 bits per heavy atom. The lowest BCUT2D eigenvalue weighted by molar-refractivity contribution is -0.140. The van der Waals surface area contributed by atoms with Crippen LogP contribution in [0.3, 0.4) is 0 Å². The molecule has 1 aromatic carbocycles. The number of carbonyl (C=O) groups is 2. The van der Waals surface area contributed by atoms with E-state index in [0.29, 0.717) is 22.5 Å². The predicted octanol–water partition coefficient (Wildman–Crippen LogP) is 0.565. The summed E-state index contributed by atoms with van der Waals surface area (Å²) in [6, 6.07) is 0.206. The molecule has 10 heteroatoms. The highest BCUT2D eigenvalue weighted by atomic mass is 32.2. The highest BCUT2D eigenvalue weighted by Crippen LogP contribution is 2.20. The van der Waals surface area contributed by atoms with E-state index in [2.05, 4.69) is 5.32 Å². The van der Waals surface area contributed by atoms with Gasteiger partial charge in [-0.15, -0.1) is 0 Å². The maximum absolute atomic E-state index is 13.2. The van der Waals surface area contributed by atoms with Gasteiger partial charge in [0.2, 0.25) is 15.9 Å². The first kappa shape index (κ1) is 19.0. The number of rotatable bonds is 7. The Kier molecular flexibility index (Phi) is 6.16. The fourth-order valence-corrected chi connectivity index (χ4v) is 3.43. The van der Waals surface area contributed by atoms with E-state index < -0.39 is 44.5 Å². The summed E-state index contributed by atoms with van der Waals surface area (Å²) in [5.41, 5.74) is 0. The molecule has 1 unspecified atom stereocenters. The minimum atomic E-state index is -4.47. The fourth-order valence-electron chi connectivity index (χ4n) is 1.80. The summed E-state index contributed by atoms with van der Waals surface area (Å²) in [5.74, 6) is -4.07. The van der Waals surface area contributed by atoms with Gasteiger partial charge in [-0.2, -0.15) is 4.31 Å². The Morgan fingerprint density at radius 3 is 2.22 bits per heavy atom. The zero-order chi connectivity index (χ0) is 17.8. The van der Waals surface area contributed by atoms with Gasteiger partial charge in [-0.3, -0.25) is 9.59 Å². The van der Waals surface area contributed by atoms with Crippen LogP contribution < -0.4 is 5.32 Å². The largest absolute Gasteiger partial charge is 0.480 e. The first-order valence-electron chi connectivity index (χ1n) is 6.51. The van der Waals surface area contributed by atoms with Crippen molar-refractivity contribution in [1.82, 2.24) is 9.62 Å². The maximum atomic E-state index is 13.2. The minimum absolute atomic E-state index is 0.149. The number of nitrogens with zero attached hydrogens (tertiary/aromatic N) is 1. The van der Waals surface area contributed by atoms with E-state index in [0.717, 1.165) is 6.92 Å². The van der Waals surface area contributed by atoms with Crippen LogP contribution in [0.1, 0.15) is 13.8 Å². The van der Waals surface area contributed by atoms with Crippen LogP contribution in [0.25, 0.3) is 0 Å². The second kappa shape index (κ2) is 7.47. The molecule has 0 bridgehead atoms. The lowest BCUT2D eigenvalue weighted by Gasteiger charge is -2.25.